The third kappa shape index (κ3) is 1.74. The lowest BCUT2D eigenvalue weighted by Gasteiger charge is -2.56. The number of thiophene rings is 1. The lowest BCUT2D eigenvalue weighted by molar-refractivity contribution is -0.107. The van der Waals surface area contributed by atoms with Crippen LogP contribution in [0.2, 0.25) is 0 Å². The molecule has 0 radical (unpaired) electrons. The first kappa shape index (κ1) is 11.6. The summed E-state index contributed by atoms with van der Waals surface area (Å²) in [5.41, 5.74) is 0.179. The third-order valence-electron chi connectivity index (χ3n) is 5.74. The van der Waals surface area contributed by atoms with Gasteiger partial charge in [0.15, 0.2) is 0 Å². The van der Waals surface area contributed by atoms with E-state index in [0.717, 1.165) is 23.5 Å². The van der Waals surface area contributed by atoms with Crippen molar-refractivity contribution in [2.45, 2.75) is 44.1 Å². The van der Waals surface area contributed by atoms with Crippen molar-refractivity contribution in [3.05, 3.63) is 29.6 Å². The van der Waals surface area contributed by atoms with E-state index in [1.54, 1.807) is 0 Å². The molecule has 0 spiro atoms. The fraction of sp³-hybridized carbons (Fsp3) is 0.556. The van der Waals surface area contributed by atoms with Crippen LogP contribution in [-0.2, 0) is 0 Å². The molecule has 4 aliphatic carbocycles. The van der Waals surface area contributed by atoms with E-state index in [1.807, 2.05) is 11.3 Å². The van der Waals surface area contributed by atoms with Crippen LogP contribution in [0.4, 0.5) is 0 Å². The number of benzene rings is 1. The molecule has 2 heteroatoms. The van der Waals surface area contributed by atoms with E-state index in [0.29, 0.717) is 0 Å². The van der Waals surface area contributed by atoms with Gasteiger partial charge in [-0.1, -0.05) is 0 Å². The second kappa shape index (κ2) is 4.00. The fourth-order valence-electron chi connectivity index (χ4n) is 5.41. The Labute approximate surface area is 123 Å². The van der Waals surface area contributed by atoms with Gasteiger partial charge < -0.3 is 4.74 Å². The number of hydrogen-bond acceptors (Lipinski definition) is 2. The Bertz CT molecular complexity index is 621. The molecule has 104 valence electrons. The second-order valence-corrected chi connectivity index (χ2v) is 8.27. The summed E-state index contributed by atoms with van der Waals surface area (Å²) in [7, 11) is 0. The molecule has 1 heterocycles. The maximum absolute atomic E-state index is 6.60. The first-order valence-corrected chi connectivity index (χ1v) is 8.82. The SMILES string of the molecule is c1cc2cc(OC34CC5CC(CC(C5)C3)C4)ccc2s1. The fourth-order valence-corrected chi connectivity index (χ4v) is 6.19. The van der Waals surface area contributed by atoms with E-state index >= 15 is 0 Å². The van der Waals surface area contributed by atoms with Gasteiger partial charge in [0.05, 0.1) is 0 Å². The monoisotopic (exact) mass is 284 g/mol. The van der Waals surface area contributed by atoms with Crippen molar-refractivity contribution >= 4 is 21.4 Å². The van der Waals surface area contributed by atoms with Crippen molar-refractivity contribution < 1.29 is 4.74 Å². The van der Waals surface area contributed by atoms with Gasteiger partial charge in [0.25, 0.3) is 0 Å². The minimum atomic E-state index is 0.179. The van der Waals surface area contributed by atoms with Crippen molar-refractivity contribution in [3.63, 3.8) is 0 Å². The molecular weight excluding hydrogens is 264 g/mol. The predicted molar refractivity (Wildman–Crippen MR) is 83.4 cm³/mol. The van der Waals surface area contributed by atoms with Crippen molar-refractivity contribution in [1.82, 2.24) is 0 Å². The van der Waals surface area contributed by atoms with E-state index < -0.39 is 0 Å². The number of fused-ring (bicyclic) bond motifs is 1. The molecule has 20 heavy (non-hydrogen) atoms. The number of hydrogen-bond donors (Lipinski definition) is 0. The summed E-state index contributed by atoms with van der Waals surface area (Å²) in [6.07, 6.45) is 8.35. The van der Waals surface area contributed by atoms with Crippen LogP contribution >= 0.6 is 11.3 Å². The number of rotatable bonds is 2. The Balaban J connectivity index is 1.48. The van der Waals surface area contributed by atoms with Gasteiger partial charge in [0.1, 0.15) is 11.4 Å². The van der Waals surface area contributed by atoms with Gasteiger partial charge >= 0.3 is 0 Å². The zero-order valence-corrected chi connectivity index (χ0v) is 12.5. The molecule has 0 amide bonds. The average molecular weight is 284 g/mol. The van der Waals surface area contributed by atoms with Crippen molar-refractivity contribution in [3.8, 4) is 5.75 Å². The van der Waals surface area contributed by atoms with Crippen molar-refractivity contribution in [2.24, 2.45) is 17.8 Å². The standard InChI is InChI=1S/C18H20OS/c1-2-17-15(3-4-20-17)8-16(1)19-18-9-12-5-13(10-18)7-14(6-12)11-18/h1-4,8,12-14H,5-7,9-11H2. The molecule has 4 bridgehead atoms. The largest absolute Gasteiger partial charge is 0.487 e. The molecule has 0 N–H and O–H groups in total. The molecular formula is C18H20OS. The Morgan fingerprint density at radius 1 is 0.950 bits per heavy atom. The normalized spacial score (nSPS) is 38.5. The molecule has 4 aliphatic rings. The zero-order chi connectivity index (χ0) is 13.2. The molecule has 0 aliphatic heterocycles. The molecule has 4 fully saturated rings. The highest BCUT2D eigenvalue weighted by Crippen LogP contribution is 2.57. The highest BCUT2D eigenvalue weighted by atomic mass is 32.1. The first-order chi connectivity index (χ1) is 9.78. The van der Waals surface area contributed by atoms with E-state index in [2.05, 4.69) is 29.6 Å². The molecule has 6 rings (SSSR count). The van der Waals surface area contributed by atoms with Gasteiger partial charge in [-0.15, -0.1) is 11.3 Å². The summed E-state index contributed by atoms with van der Waals surface area (Å²) in [6.45, 7) is 0. The summed E-state index contributed by atoms with van der Waals surface area (Å²) in [5, 5.41) is 3.50. The highest BCUT2D eigenvalue weighted by molar-refractivity contribution is 7.17. The highest BCUT2D eigenvalue weighted by Gasteiger charge is 2.52. The summed E-state index contributed by atoms with van der Waals surface area (Å²) >= 11 is 1.81. The Morgan fingerprint density at radius 3 is 2.35 bits per heavy atom. The van der Waals surface area contributed by atoms with E-state index in [4.69, 9.17) is 4.74 Å². The summed E-state index contributed by atoms with van der Waals surface area (Å²) in [5.74, 6) is 3.95. The predicted octanol–water partition coefficient (Wildman–Crippen LogP) is 5.25. The number of ether oxygens (including phenoxy) is 1. The molecule has 1 nitrogen and oxygen atoms in total. The minimum absolute atomic E-state index is 0.179. The molecule has 1 aromatic heterocycles. The first-order valence-electron chi connectivity index (χ1n) is 7.94. The lowest BCUT2D eigenvalue weighted by Crippen LogP contribution is -2.53. The van der Waals surface area contributed by atoms with Crippen LogP contribution in [0, 0.1) is 17.8 Å². The van der Waals surface area contributed by atoms with Crippen LogP contribution in [0.5, 0.6) is 5.75 Å². The topological polar surface area (TPSA) is 9.23 Å². The average Bonchev–Trinajstić information content (AvgIpc) is 2.83. The van der Waals surface area contributed by atoms with Gasteiger partial charge in [0, 0.05) is 4.70 Å². The third-order valence-corrected chi connectivity index (χ3v) is 6.64. The van der Waals surface area contributed by atoms with Gasteiger partial charge in [-0.2, -0.15) is 0 Å². The summed E-state index contributed by atoms with van der Waals surface area (Å²) in [4.78, 5) is 0. The van der Waals surface area contributed by atoms with Gasteiger partial charge in [-0.05, 0) is 91.3 Å². The minimum Gasteiger partial charge on any atom is -0.487 e. The zero-order valence-electron chi connectivity index (χ0n) is 11.7. The van der Waals surface area contributed by atoms with Crippen LogP contribution in [0.25, 0.3) is 10.1 Å². The molecule has 4 saturated carbocycles. The molecule has 1 aromatic carbocycles. The summed E-state index contributed by atoms with van der Waals surface area (Å²) in [6, 6.07) is 8.84. The van der Waals surface area contributed by atoms with Crippen LogP contribution in [0.3, 0.4) is 0 Å². The molecule has 0 atom stereocenters. The Hall–Kier alpha value is -1.02. The van der Waals surface area contributed by atoms with Crippen LogP contribution < -0.4 is 4.74 Å². The van der Waals surface area contributed by atoms with E-state index in [1.165, 1.54) is 48.6 Å². The molecule has 0 saturated heterocycles. The molecule has 2 aromatic rings. The van der Waals surface area contributed by atoms with E-state index in [9.17, 15) is 0 Å². The smallest absolute Gasteiger partial charge is 0.120 e. The Kier molecular flexibility index (Phi) is 2.33. The van der Waals surface area contributed by atoms with Crippen molar-refractivity contribution in [1.29, 1.82) is 0 Å². The van der Waals surface area contributed by atoms with Crippen LogP contribution in [0.1, 0.15) is 38.5 Å². The van der Waals surface area contributed by atoms with Gasteiger partial charge in [0.2, 0.25) is 0 Å². The quantitative estimate of drug-likeness (QED) is 0.732. The Morgan fingerprint density at radius 2 is 1.65 bits per heavy atom. The van der Waals surface area contributed by atoms with Gasteiger partial charge in [-0.25, -0.2) is 0 Å². The summed E-state index contributed by atoms with van der Waals surface area (Å²) < 4.78 is 7.96. The van der Waals surface area contributed by atoms with E-state index in [-0.39, 0.29) is 5.60 Å². The van der Waals surface area contributed by atoms with Crippen molar-refractivity contribution in [2.75, 3.05) is 0 Å². The molecule has 0 unspecified atom stereocenters. The lowest BCUT2D eigenvalue weighted by atomic mass is 9.54. The maximum atomic E-state index is 6.60. The maximum Gasteiger partial charge on any atom is 0.120 e. The van der Waals surface area contributed by atoms with Crippen LogP contribution in [-0.4, -0.2) is 5.60 Å². The van der Waals surface area contributed by atoms with Crippen LogP contribution in [0.15, 0.2) is 29.6 Å². The van der Waals surface area contributed by atoms with Gasteiger partial charge in [-0.3, -0.25) is 0 Å². The second-order valence-electron chi connectivity index (χ2n) is 7.32.